The van der Waals surface area contributed by atoms with Gasteiger partial charge < -0.3 is 0 Å². The van der Waals surface area contributed by atoms with Crippen LogP contribution in [0, 0.1) is 10.2 Å². The SMILES string of the molecule is N#C[Se]Cc1ccc(S(N)(=O)=O)cc1. The van der Waals surface area contributed by atoms with Gasteiger partial charge >= 0.3 is 88.8 Å². The van der Waals surface area contributed by atoms with E-state index in [0.717, 1.165) is 5.56 Å². The molecule has 0 saturated heterocycles. The third-order valence-electron chi connectivity index (χ3n) is 1.56. The molecule has 2 N–H and O–H groups in total. The van der Waals surface area contributed by atoms with E-state index in [1.165, 1.54) is 12.1 Å². The second-order valence-corrected chi connectivity index (χ2v) is 5.72. The Bertz CT molecular complexity index is 447. The first-order valence-electron chi connectivity index (χ1n) is 3.66. The molecule has 0 aliphatic carbocycles. The molecular weight excluding hydrogens is 267 g/mol. The summed E-state index contributed by atoms with van der Waals surface area (Å²) < 4.78 is 21.8. The average molecular weight is 275 g/mol. The molecule has 1 rings (SSSR count). The summed E-state index contributed by atoms with van der Waals surface area (Å²) in [6, 6.07) is 6.27. The van der Waals surface area contributed by atoms with Gasteiger partial charge in [0.15, 0.2) is 0 Å². The van der Waals surface area contributed by atoms with Crippen molar-refractivity contribution in [2.24, 2.45) is 5.14 Å². The zero-order valence-electron chi connectivity index (χ0n) is 7.17. The first-order valence-corrected chi connectivity index (χ1v) is 7.28. The number of nitriles is 1. The fraction of sp³-hybridized carbons (Fsp3) is 0.125. The number of hydrogen-bond acceptors (Lipinski definition) is 3. The van der Waals surface area contributed by atoms with Crippen LogP contribution in [-0.4, -0.2) is 23.4 Å². The fourth-order valence-electron chi connectivity index (χ4n) is 0.891. The monoisotopic (exact) mass is 276 g/mol. The van der Waals surface area contributed by atoms with Crippen LogP contribution in [0.2, 0.25) is 0 Å². The summed E-state index contributed by atoms with van der Waals surface area (Å²) in [5.74, 6) is 0. The first kappa shape index (κ1) is 11.2. The number of nitrogens with zero attached hydrogens (tertiary/aromatic N) is 1. The zero-order valence-corrected chi connectivity index (χ0v) is 9.70. The van der Waals surface area contributed by atoms with E-state index in [1.54, 1.807) is 12.1 Å². The van der Waals surface area contributed by atoms with E-state index in [0.29, 0.717) is 5.32 Å². The zero-order chi connectivity index (χ0) is 10.6. The molecule has 0 saturated carbocycles. The molecule has 0 bridgehead atoms. The predicted molar refractivity (Wildman–Crippen MR) is 52.9 cm³/mol. The van der Waals surface area contributed by atoms with Gasteiger partial charge in [-0.15, -0.1) is 0 Å². The van der Waals surface area contributed by atoms with Gasteiger partial charge in [0.25, 0.3) is 0 Å². The molecular formula is C8H8N2O2SSe. The molecule has 0 aliphatic rings. The minimum atomic E-state index is -3.60. The van der Waals surface area contributed by atoms with Gasteiger partial charge in [-0.3, -0.25) is 0 Å². The van der Waals surface area contributed by atoms with Gasteiger partial charge in [0, 0.05) is 0 Å². The summed E-state index contributed by atoms with van der Waals surface area (Å²) in [4.78, 5) is 2.18. The van der Waals surface area contributed by atoms with E-state index < -0.39 is 10.0 Å². The van der Waals surface area contributed by atoms with Crippen LogP contribution in [0.5, 0.6) is 0 Å². The molecule has 0 aliphatic heterocycles. The van der Waals surface area contributed by atoms with Crippen molar-refractivity contribution in [3.05, 3.63) is 29.8 Å². The second kappa shape index (κ2) is 4.58. The van der Waals surface area contributed by atoms with Gasteiger partial charge in [-0.05, 0) is 0 Å². The van der Waals surface area contributed by atoms with Crippen molar-refractivity contribution in [2.45, 2.75) is 10.2 Å². The van der Waals surface area contributed by atoms with Crippen molar-refractivity contribution in [1.29, 1.82) is 5.26 Å². The number of primary sulfonamides is 1. The quantitative estimate of drug-likeness (QED) is 0.789. The van der Waals surface area contributed by atoms with E-state index in [9.17, 15) is 8.42 Å². The molecule has 0 fully saturated rings. The maximum absolute atomic E-state index is 10.9. The summed E-state index contributed by atoms with van der Waals surface area (Å²) in [5.41, 5.74) is 0.957. The van der Waals surface area contributed by atoms with Crippen LogP contribution in [0.25, 0.3) is 0 Å². The maximum atomic E-state index is 10.9. The Labute approximate surface area is 88.9 Å². The Morgan fingerprint density at radius 1 is 1.36 bits per heavy atom. The Hall–Kier alpha value is -0.861. The molecule has 0 atom stereocenters. The van der Waals surface area contributed by atoms with Gasteiger partial charge in [0.1, 0.15) is 0 Å². The topological polar surface area (TPSA) is 83.9 Å². The summed E-state index contributed by atoms with van der Waals surface area (Å²) in [5, 5.41) is 14.0. The van der Waals surface area contributed by atoms with Gasteiger partial charge in [-0.25, -0.2) is 0 Å². The number of sulfonamides is 1. The molecule has 4 nitrogen and oxygen atoms in total. The van der Waals surface area contributed by atoms with Crippen LogP contribution in [-0.2, 0) is 15.3 Å². The van der Waals surface area contributed by atoms with Crippen molar-refractivity contribution in [2.75, 3.05) is 0 Å². The van der Waals surface area contributed by atoms with Gasteiger partial charge in [-0.2, -0.15) is 0 Å². The van der Waals surface area contributed by atoms with E-state index in [1.807, 2.05) is 0 Å². The molecule has 0 unspecified atom stereocenters. The van der Waals surface area contributed by atoms with Crippen molar-refractivity contribution in [3.63, 3.8) is 0 Å². The van der Waals surface area contributed by atoms with Gasteiger partial charge in [0.05, 0.1) is 0 Å². The van der Waals surface area contributed by atoms with Gasteiger partial charge in [0.2, 0.25) is 0 Å². The number of hydrogen-bond donors (Lipinski definition) is 1. The van der Waals surface area contributed by atoms with Crippen LogP contribution >= 0.6 is 0 Å². The minimum absolute atomic E-state index is 0.0803. The molecule has 6 heteroatoms. The van der Waals surface area contributed by atoms with Crippen molar-refractivity contribution in [3.8, 4) is 4.97 Å². The normalized spacial score (nSPS) is 10.9. The predicted octanol–water partition coefficient (Wildman–Crippen LogP) is 0.0193. The van der Waals surface area contributed by atoms with Crippen molar-refractivity contribution < 1.29 is 8.42 Å². The van der Waals surface area contributed by atoms with E-state index >= 15 is 0 Å². The van der Waals surface area contributed by atoms with Gasteiger partial charge in [-0.1, -0.05) is 0 Å². The molecule has 74 valence electrons. The molecule has 0 radical (unpaired) electrons. The Morgan fingerprint density at radius 2 is 1.93 bits per heavy atom. The van der Waals surface area contributed by atoms with Crippen LogP contribution in [0.4, 0.5) is 0 Å². The van der Waals surface area contributed by atoms with Crippen molar-refractivity contribution in [1.82, 2.24) is 0 Å². The molecule has 1 aromatic rings. The number of benzene rings is 1. The Morgan fingerprint density at radius 3 is 2.36 bits per heavy atom. The molecule has 0 amide bonds. The number of nitrogens with two attached hydrogens (primary N) is 1. The summed E-state index contributed by atoms with van der Waals surface area (Å²) in [6.45, 7) is 0. The molecule has 0 heterocycles. The molecule has 0 aromatic heterocycles. The Balaban J connectivity index is 2.86. The third-order valence-corrected chi connectivity index (χ3v) is 3.76. The second-order valence-electron chi connectivity index (χ2n) is 2.57. The molecule has 0 spiro atoms. The first-order chi connectivity index (χ1) is 6.54. The summed E-state index contributed by atoms with van der Waals surface area (Å²) in [7, 11) is -3.60. The van der Waals surface area contributed by atoms with Crippen LogP contribution in [0.1, 0.15) is 5.56 Å². The summed E-state index contributed by atoms with van der Waals surface area (Å²) in [6.07, 6.45) is 0. The molecule has 14 heavy (non-hydrogen) atoms. The van der Waals surface area contributed by atoms with E-state index in [2.05, 4.69) is 4.97 Å². The average Bonchev–Trinajstić information content (AvgIpc) is 2.14. The van der Waals surface area contributed by atoms with E-state index in [-0.39, 0.29) is 19.9 Å². The van der Waals surface area contributed by atoms with Crippen molar-refractivity contribution >= 4 is 25.0 Å². The number of rotatable bonds is 3. The van der Waals surface area contributed by atoms with Crippen LogP contribution in [0.3, 0.4) is 0 Å². The fourth-order valence-corrected chi connectivity index (χ4v) is 2.30. The molecule has 1 aromatic carbocycles. The Kier molecular flexibility index (Phi) is 3.67. The standard InChI is InChI=1S/C8H8N2O2SSe/c9-6-14-5-7-1-3-8(4-2-7)13(10,11)12/h1-4H,5H2,(H2,10,11,12). The van der Waals surface area contributed by atoms with Crippen LogP contribution < -0.4 is 5.14 Å². The third kappa shape index (κ3) is 3.13. The van der Waals surface area contributed by atoms with E-state index in [4.69, 9.17) is 10.4 Å². The van der Waals surface area contributed by atoms with Crippen LogP contribution in [0.15, 0.2) is 29.2 Å². The summed E-state index contributed by atoms with van der Waals surface area (Å²) >= 11 is -0.0803.